The minimum absolute atomic E-state index is 0.0551. The molecule has 2 nitrogen and oxygen atoms in total. The zero-order chi connectivity index (χ0) is 9.40. The molecule has 12 heavy (non-hydrogen) atoms. The van der Waals surface area contributed by atoms with Gasteiger partial charge < -0.3 is 4.74 Å². The van der Waals surface area contributed by atoms with Crippen molar-refractivity contribution in [2.24, 2.45) is 5.92 Å². The highest BCUT2D eigenvalue weighted by Crippen LogP contribution is 2.12. The predicted molar refractivity (Wildman–Crippen MR) is 49.9 cm³/mol. The van der Waals surface area contributed by atoms with E-state index < -0.39 is 0 Å². The Balaban J connectivity index is 3.33. The predicted octanol–water partition coefficient (Wildman–Crippen LogP) is 2.77. The minimum Gasteiger partial charge on any atom is -0.466 e. The molecule has 0 spiro atoms. The van der Waals surface area contributed by atoms with Crippen LogP contribution in [0.1, 0.15) is 46.5 Å². The minimum atomic E-state index is -0.0551. The van der Waals surface area contributed by atoms with Crippen LogP contribution in [0, 0.1) is 5.92 Å². The van der Waals surface area contributed by atoms with Crippen molar-refractivity contribution in [1.29, 1.82) is 0 Å². The van der Waals surface area contributed by atoms with E-state index in [1.807, 2.05) is 6.92 Å². The van der Waals surface area contributed by atoms with Gasteiger partial charge in [0.1, 0.15) is 0 Å². The number of rotatable bonds is 6. The van der Waals surface area contributed by atoms with Crippen molar-refractivity contribution in [2.75, 3.05) is 6.61 Å². The van der Waals surface area contributed by atoms with Crippen molar-refractivity contribution in [3.63, 3.8) is 0 Å². The Bertz CT molecular complexity index is 121. The van der Waals surface area contributed by atoms with Gasteiger partial charge in [0.15, 0.2) is 0 Å². The van der Waals surface area contributed by atoms with Crippen LogP contribution < -0.4 is 0 Å². The largest absolute Gasteiger partial charge is 0.466 e. The second-order valence-corrected chi connectivity index (χ2v) is 3.24. The fraction of sp³-hybridized carbons (Fsp3) is 0.900. The first-order chi connectivity index (χ1) is 5.70. The van der Waals surface area contributed by atoms with Crippen LogP contribution in [0.3, 0.4) is 0 Å². The smallest absolute Gasteiger partial charge is 0.305 e. The van der Waals surface area contributed by atoms with Crippen LogP contribution in [-0.2, 0) is 9.53 Å². The number of hydrogen-bond acceptors (Lipinski definition) is 2. The summed E-state index contributed by atoms with van der Waals surface area (Å²) < 4.78 is 4.83. The zero-order valence-corrected chi connectivity index (χ0v) is 8.43. The lowest BCUT2D eigenvalue weighted by molar-refractivity contribution is -0.143. The number of ether oxygens (including phenoxy) is 1. The second-order valence-electron chi connectivity index (χ2n) is 3.24. The molecule has 0 bridgehead atoms. The summed E-state index contributed by atoms with van der Waals surface area (Å²) in [5.74, 6) is 0.597. The van der Waals surface area contributed by atoms with Crippen LogP contribution in [0.2, 0.25) is 0 Å². The average molecular weight is 172 g/mol. The molecular weight excluding hydrogens is 152 g/mol. The Morgan fingerprint density at radius 1 is 1.33 bits per heavy atom. The van der Waals surface area contributed by atoms with Gasteiger partial charge in [-0.1, -0.05) is 26.7 Å². The quantitative estimate of drug-likeness (QED) is 0.576. The maximum Gasteiger partial charge on any atom is 0.305 e. The van der Waals surface area contributed by atoms with Gasteiger partial charge in [-0.2, -0.15) is 0 Å². The first kappa shape index (κ1) is 11.5. The molecule has 1 atom stereocenters. The highest BCUT2D eigenvalue weighted by atomic mass is 16.5. The van der Waals surface area contributed by atoms with E-state index in [2.05, 4.69) is 13.8 Å². The van der Waals surface area contributed by atoms with E-state index in [-0.39, 0.29) is 5.97 Å². The van der Waals surface area contributed by atoms with Crippen LogP contribution in [0.15, 0.2) is 0 Å². The third kappa shape index (κ3) is 6.20. The van der Waals surface area contributed by atoms with E-state index >= 15 is 0 Å². The summed E-state index contributed by atoms with van der Waals surface area (Å²) in [6.45, 7) is 6.69. The molecule has 0 N–H and O–H groups in total. The summed E-state index contributed by atoms with van der Waals surface area (Å²) in [5, 5.41) is 0. The van der Waals surface area contributed by atoms with Crippen LogP contribution in [0.25, 0.3) is 0 Å². The summed E-state index contributed by atoms with van der Waals surface area (Å²) >= 11 is 0. The standard InChI is InChI=1S/C10H20O2/c1-4-6-9(3)7-8-10(11)12-5-2/h9H,4-8H2,1-3H3. The number of hydrogen-bond donors (Lipinski definition) is 0. The van der Waals surface area contributed by atoms with Crippen molar-refractivity contribution >= 4 is 5.97 Å². The van der Waals surface area contributed by atoms with Gasteiger partial charge >= 0.3 is 5.97 Å². The van der Waals surface area contributed by atoms with Crippen LogP contribution >= 0.6 is 0 Å². The Morgan fingerprint density at radius 3 is 2.50 bits per heavy atom. The molecule has 0 fully saturated rings. The monoisotopic (exact) mass is 172 g/mol. The molecule has 0 aromatic carbocycles. The first-order valence-corrected chi connectivity index (χ1v) is 4.86. The van der Waals surface area contributed by atoms with E-state index in [1.54, 1.807) is 0 Å². The average Bonchev–Trinajstić information content (AvgIpc) is 2.02. The van der Waals surface area contributed by atoms with Gasteiger partial charge in [0, 0.05) is 6.42 Å². The van der Waals surface area contributed by atoms with Gasteiger partial charge in [-0.05, 0) is 19.3 Å². The Morgan fingerprint density at radius 2 is 2.00 bits per heavy atom. The molecule has 0 aromatic rings. The van der Waals surface area contributed by atoms with Gasteiger partial charge in [-0.3, -0.25) is 4.79 Å². The van der Waals surface area contributed by atoms with Gasteiger partial charge in [0.05, 0.1) is 6.61 Å². The highest BCUT2D eigenvalue weighted by Gasteiger charge is 2.05. The summed E-state index contributed by atoms with van der Waals surface area (Å²) in [7, 11) is 0. The molecule has 1 unspecified atom stereocenters. The van der Waals surface area contributed by atoms with Crippen LogP contribution in [0.5, 0.6) is 0 Å². The van der Waals surface area contributed by atoms with E-state index in [1.165, 1.54) is 12.8 Å². The molecule has 0 aliphatic rings. The summed E-state index contributed by atoms with van der Waals surface area (Å²) in [6.07, 6.45) is 3.95. The lowest BCUT2D eigenvalue weighted by Crippen LogP contribution is -2.06. The zero-order valence-electron chi connectivity index (χ0n) is 8.43. The number of carbonyl (C=O) groups is 1. The van der Waals surface area contributed by atoms with Crippen molar-refractivity contribution in [1.82, 2.24) is 0 Å². The first-order valence-electron chi connectivity index (χ1n) is 4.86. The summed E-state index contributed by atoms with van der Waals surface area (Å²) in [5.41, 5.74) is 0. The van der Waals surface area contributed by atoms with Gasteiger partial charge in [0.25, 0.3) is 0 Å². The third-order valence-electron chi connectivity index (χ3n) is 1.93. The topological polar surface area (TPSA) is 26.3 Å². The van der Waals surface area contributed by atoms with Crippen molar-refractivity contribution < 1.29 is 9.53 Å². The second kappa shape index (κ2) is 7.14. The van der Waals surface area contributed by atoms with Crippen molar-refractivity contribution in [3.05, 3.63) is 0 Å². The summed E-state index contributed by atoms with van der Waals surface area (Å²) in [6, 6.07) is 0. The van der Waals surface area contributed by atoms with Gasteiger partial charge in [0.2, 0.25) is 0 Å². The lowest BCUT2D eigenvalue weighted by atomic mass is 10.0. The molecule has 72 valence electrons. The Kier molecular flexibility index (Phi) is 6.82. The van der Waals surface area contributed by atoms with E-state index in [0.717, 1.165) is 6.42 Å². The fourth-order valence-electron chi connectivity index (χ4n) is 1.23. The van der Waals surface area contributed by atoms with Crippen molar-refractivity contribution in [3.8, 4) is 0 Å². The molecular formula is C10H20O2. The number of carbonyl (C=O) groups excluding carboxylic acids is 1. The molecule has 0 heterocycles. The molecule has 0 saturated carbocycles. The van der Waals surface area contributed by atoms with E-state index in [0.29, 0.717) is 18.9 Å². The Hall–Kier alpha value is -0.530. The van der Waals surface area contributed by atoms with E-state index in [4.69, 9.17) is 4.74 Å². The Labute approximate surface area is 75.3 Å². The molecule has 0 saturated heterocycles. The fourth-order valence-corrected chi connectivity index (χ4v) is 1.23. The third-order valence-corrected chi connectivity index (χ3v) is 1.93. The maximum atomic E-state index is 10.9. The van der Waals surface area contributed by atoms with Crippen LogP contribution in [0.4, 0.5) is 0 Å². The molecule has 0 rings (SSSR count). The molecule has 0 radical (unpaired) electrons. The molecule has 2 heteroatoms. The van der Waals surface area contributed by atoms with Crippen LogP contribution in [-0.4, -0.2) is 12.6 Å². The SMILES string of the molecule is CCCC(C)CCC(=O)OCC. The van der Waals surface area contributed by atoms with Gasteiger partial charge in [-0.25, -0.2) is 0 Å². The normalized spacial score (nSPS) is 12.6. The van der Waals surface area contributed by atoms with Gasteiger partial charge in [-0.15, -0.1) is 0 Å². The van der Waals surface area contributed by atoms with E-state index in [9.17, 15) is 4.79 Å². The maximum absolute atomic E-state index is 10.9. The van der Waals surface area contributed by atoms with Crippen molar-refractivity contribution in [2.45, 2.75) is 46.5 Å². The lowest BCUT2D eigenvalue weighted by Gasteiger charge is -2.08. The molecule has 0 aliphatic heterocycles. The molecule has 0 aliphatic carbocycles. The molecule has 0 amide bonds. The summed E-state index contributed by atoms with van der Waals surface area (Å²) in [4.78, 5) is 10.9. The number of esters is 1. The molecule has 0 aromatic heterocycles. The highest BCUT2D eigenvalue weighted by molar-refractivity contribution is 5.69.